The van der Waals surface area contributed by atoms with Crippen LogP contribution in [-0.2, 0) is 15.9 Å². The minimum absolute atomic E-state index is 0.0837. The van der Waals surface area contributed by atoms with E-state index in [9.17, 15) is 24.9 Å². The van der Waals surface area contributed by atoms with Gasteiger partial charge in [-0.25, -0.2) is 0 Å². The number of phenols is 2. The number of ether oxygens (including phenoxy) is 2. The predicted octanol–water partition coefficient (Wildman–Crippen LogP) is 0.901. The van der Waals surface area contributed by atoms with Crippen molar-refractivity contribution in [2.45, 2.75) is 43.8 Å². The molecule has 9 heteroatoms. The number of aromatic hydroxyl groups is 2. The Morgan fingerprint density at radius 2 is 1.76 bits per heavy atom. The smallest absolute Gasteiger partial charge is 0.198 e. The highest BCUT2D eigenvalue weighted by Gasteiger charge is 2.50. The molecule has 4 atom stereocenters. The molecular weight excluding hydrogens is 428 g/mol. The van der Waals surface area contributed by atoms with E-state index in [0.29, 0.717) is 13.1 Å². The average Bonchev–Trinajstić information content (AvgIpc) is 3.25. The molecule has 6 N–H and O–H groups in total. The van der Waals surface area contributed by atoms with Crippen LogP contribution in [0.4, 0.5) is 0 Å². The number of hydrogen-bond acceptors (Lipinski definition) is 9. The number of ketones is 2. The molecular formula is C24H26N2O7. The number of fused-ring (bicyclic) bond motifs is 3. The Kier molecular flexibility index (Phi) is 5.26. The summed E-state index contributed by atoms with van der Waals surface area (Å²) >= 11 is 0. The van der Waals surface area contributed by atoms with Crippen molar-refractivity contribution in [1.82, 2.24) is 5.32 Å². The Morgan fingerprint density at radius 3 is 2.33 bits per heavy atom. The first-order valence-electron chi connectivity index (χ1n) is 11.0. The fourth-order valence-corrected chi connectivity index (χ4v) is 5.26. The van der Waals surface area contributed by atoms with Gasteiger partial charge in [0.15, 0.2) is 17.9 Å². The van der Waals surface area contributed by atoms with Crippen molar-refractivity contribution in [2.75, 3.05) is 19.7 Å². The van der Waals surface area contributed by atoms with E-state index in [-0.39, 0.29) is 58.6 Å². The number of rotatable bonds is 4. The SMILES string of the molecule is CC1OCC(C2(O)Cc3c(O)c4c(c(O)c3C(NCCN)C2)C(=O)c2ccccc2C4=O)O1. The van der Waals surface area contributed by atoms with Gasteiger partial charge in [-0.15, -0.1) is 0 Å². The lowest BCUT2D eigenvalue weighted by Gasteiger charge is -2.42. The van der Waals surface area contributed by atoms with Gasteiger partial charge in [-0.05, 0) is 13.3 Å². The molecule has 4 unspecified atom stereocenters. The molecule has 3 aliphatic rings. The second-order valence-electron chi connectivity index (χ2n) is 8.85. The van der Waals surface area contributed by atoms with Crippen molar-refractivity contribution in [1.29, 1.82) is 0 Å². The summed E-state index contributed by atoms with van der Waals surface area (Å²) in [4.78, 5) is 26.5. The van der Waals surface area contributed by atoms with Gasteiger partial charge in [-0.2, -0.15) is 0 Å². The van der Waals surface area contributed by atoms with Crippen LogP contribution in [0.15, 0.2) is 24.3 Å². The van der Waals surface area contributed by atoms with Crippen LogP contribution in [0.5, 0.6) is 11.5 Å². The van der Waals surface area contributed by atoms with E-state index in [4.69, 9.17) is 15.2 Å². The number of hydrogen-bond donors (Lipinski definition) is 5. The first kappa shape index (κ1) is 22.0. The summed E-state index contributed by atoms with van der Waals surface area (Å²) in [7, 11) is 0. The van der Waals surface area contributed by atoms with Crippen molar-refractivity contribution in [3.63, 3.8) is 0 Å². The lowest BCUT2D eigenvalue weighted by molar-refractivity contribution is -0.121. The zero-order chi connectivity index (χ0) is 23.5. The molecule has 0 spiro atoms. The van der Waals surface area contributed by atoms with Gasteiger partial charge < -0.3 is 35.8 Å². The largest absolute Gasteiger partial charge is 0.507 e. The molecule has 1 aliphatic heterocycles. The quantitative estimate of drug-likeness (QED) is 0.362. The molecule has 0 saturated carbocycles. The monoisotopic (exact) mass is 454 g/mol. The predicted molar refractivity (Wildman–Crippen MR) is 116 cm³/mol. The van der Waals surface area contributed by atoms with E-state index in [1.165, 1.54) is 12.1 Å². The first-order valence-corrected chi connectivity index (χ1v) is 11.0. The van der Waals surface area contributed by atoms with Crippen molar-refractivity contribution in [3.05, 3.63) is 57.6 Å². The second-order valence-corrected chi connectivity index (χ2v) is 8.85. The molecule has 0 bridgehead atoms. The lowest BCUT2D eigenvalue weighted by atomic mass is 9.70. The third-order valence-electron chi connectivity index (χ3n) is 6.82. The highest BCUT2D eigenvalue weighted by molar-refractivity contribution is 6.30. The molecule has 5 rings (SSSR count). The van der Waals surface area contributed by atoms with E-state index < -0.39 is 41.4 Å². The van der Waals surface area contributed by atoms with Crippen molar-refractivity contribution >= 4 is 11.6 Å². The molecule has 1 fully saturated rings. The highest BCUT2D eigenvalue weighted by Crippen LogP contribution is 2.51. The summed E-state index contributed by atoms with van der Waals surface area (Å²) in [5, 5.41) is 37.3. The molecule has 2 aliphatic carbocycles. The topological polar surface area (TPSA) is 151 Å². The summed E-state index contributed by atoms with van der Waals surface area (Å²) in [5.74, 6) is -1.85. The number of carbonyl (C=O) groups excluding carboxylic acids is 2. The van der Waals surface area contributed by atoms with Crippen LogP contribution in [0.3, 0.4) is 0 Å². The van der Waals surface area contributed by atoms with E-state index >= 15 is 0 Å². The van der Waals surface area contributed by atoms with Crippen LogP contribution in [0.1, 0.15) is 62.4 Å². The Bertz CT molecular complexity index is 1160. The molecule has 9 nitrogen and oxygen atoms in total. The fourth-order valence-electron chi connectivity index (χ4n) is 5.26. The van der Waals surface area contributed by atoms with Crippen LogP contribution in [-0.4, -0.2) is 64.6 Å². The maximum absolute atomic E-state index is 13.3. The molecule has 0 radical (unpaired) electrons. The van der Waals surface area contributed by atoms with E-state index in [0.717, 1.165) is 0 Å². The zero-order valence-electron chi connectivity index (χ0n) is 18.1. The molecule has 2 aromatic rings. The number of carbonyl (C=O) groups is 2. The minimum atomic E-state index is -1.44. The fraction of sp³-hybridized carbons (Fsp3) is 0.417. The maximum Gasteiger partial charge on any atom is 0.198 e. The Balaban J connectivity index is 1.70. The normalized spacial score (nSPS) is 28.4. The summed E-state index contributed by atoms with van der Waals surface area (Å²) < 4.78 is 11.2. The van der Waals surface area contributed by atoms with E-state index in [2.05, 4.69) is 5.32 Å². The Morgan fingerprint density at radius 1 is 1.12 bits per heavy atom. The highest BCUT2D eigenvalue weighted by atomic mass is 16.7. The number of benzene rings is 2. The molecule has 33 heavy (non-hydrogen) atoms. The molecule has 1 heterocycles. The molecule has 1 saturated heterocycles. The first-order chi connectivity index (χ1) is 15.8. The van der Waals surface area contributed by atoms with E-state index in [1.54, 1.807) is 19.1 Å². The second kappa shape index (κ2) is 7.89. The molecule has 0 aromatic heterocycles. The van der Waals surface area contributed by atoms with Crippen LogP contribution >= 0.6 is 0 Å². The Labute approximate surface area is 190 Å². The number of phenolic OH excluding ortho intramolecular Hbond substituents is 2. The summed E-state index contributed by atoms with van der Waals surface area (Å²) in [6.45, 7) is 2.56. The van der Waals surface area contributed by atoms with Gasteiger partial charge in [-0.3, -0.25) is 9.59 Å². The number of nitrogens with one attached hydrogen (secondary N) is 1. The van der Waals surface area contributed by atoms with Gasteiger partial charge in [0.25, 0.3) is 0 Å². The number of nitrogens with two attached hydrogens (primary N) is 1. The van der Waals surface area contributed by atoms with Crippen molar-refractivity contribution < 1.29 is 34.4 Å². The van der Waals surface area contributed by atoms with Gasteiger partial charge in [0, 0.05) is 47.8 Å². The van der Waals surface area contributed by atoms with Gasteiger partial charge in [0.1, 0.15) is 17.6 Å². The van der Waals surface area contributed by atoms with Crippen LogP contribution in [0.25, 0.3) is 0 Å². The van der Waals surface area contributed by atoms with Gasteiger partial charge in [-0.1, -0.05) is 24.3 Å². The lowest BCUT2D eigenvalue weighted by Crippen LogP contribution is -2.51. The van der Waals surface area contributed by atoms with Gasteiger partial charge in [0.2, 0.25) is 0 Å². The third kappa shape index (κ3) is 3.27. The standard InChI is InChI=1S/C24H26N2O7/c1-11-32-10-16(33-11)24(31)8-14-17(15(9-24)26-7-6-25)23(30)19-18(22(14)29)20(27)12-4-2-3-5-13(12)21(19)28/h2-5,11,15-16,26,29-31H,6-10,25H2,1H3. The molecule has 2 aromatic carbocycles. The van der Waals surface area contributed by atoms with Crippen LogP contribution in [0.2, 0.25) is 0 Å². The van der Waals surface area contributed by atoms with E-state index in [1.807, 2.05) is 0 Å². The van der Waals surface area contributed by atoms with Crippen LogP contribution < -0.4 is 11.1 Å². The van der Waals surface area contributed by atoms with Crippen molar-refractivity contribution in [2.24, 2.45) is 5.73 Å². The zero-order valence-corrected chi connectivity index (χ0v) is 18.1. The molecule has 174 valence electrons. The van der Waals surface area contributed by atoms with Crippen LogP contribution in [0, 0.1) is 0 Å². The molecule has 0 amide bonds. The minimum Gasteiger partial charge on any atom is -0.507 e. The summed E-state index contributed by atoms with van der Waals surface area (Å²) in [6.07, 6.45) is -1.11. The third-order valence-corrected chi connectivity index (χ3v) is 6.82. The summed E-state index contributed by atoms with van der Waals surface area (Å²) in [5.41, 5.74) is 4.60. The number of aliphatic hydroxyl groups is 1. The van der Waals surface area contributed by atoms with Gasteiger partial charge in [0.05, 0.1) is 23.3 Å². The average molecular weight is 454 g/mol. The summed E-state index contributed by atoms with van der Waals surface area (Å²) in [6, 6.07) is 5.67. The maximum atomic E-state index is 13.3. The van der Waals surface area contributed by atoms with Gasteiger partial charge >= 0.3 is 0 Å². The van der Waals surface area contributed by atoms with Crippen molar-refractivity contribution in [3.8, 4) is 11.5 Å². The Hall–Kier alpha value is -2.82.